The minimum absolute atomic E-state index is 0. The molecule has 0 radical (unpaired) electrons. The molecule has 0 aromatic rings. The Hall–Kier alpha value is -1.50. The largest absolute Gasteiger partial charge is 0.290 e. The summed E-state index contributed by atoms with van der Waals surface area (Å²) in [6, 6.07) is 0. The van der Waals surface area contributed by atoms with Gasteiger partial charge in [-0.25, -0.2) is 0 Å². The fourth-order valence-corrected chi connectivity index (χ4v) is 4.31. The van der Waals surface area contributed by atoms with Crippen molar-refractivity contribution in [1.82, 2.24) is 0 Å². The van der Waals surface area contributed by atoms with Crippen molar-refractivity contribution in [1.29, 1.82) is 0 Å². The van der Waals surface area contributed by atoms with Gasteiger partial charge in [-0.2, -0.15) is 0 Å². The fourth-order valence-electron chi connectivity index (χ4n) is 4.31. The number of rotatable bonds is 0. The van der Waals surface area contributed by atoms with Crippen molar-refractivity contribution < 1.29 is 61.3 Å². The maximum absolute atomic E-state index is 10.3. The summed E-state index contributed by atoms with van der Waals surface area (Å²) in [6.07, 6.45) is 28.4. The van der Waals surface area contributed by atoms with Gasteiger partial charge in [0.1, 0.15) is 0 Å². The third kappa shape index (κ3) is 9.97. The quantitative estimate of drug-likeness (QED) is 0.269. The van der Waals surface area contributed by atoms with E-state index in [1.807, 2.05) is 0 Å². The van der Waals surface area contributed by atoms with E-state index in [2.05, 4.69) is 24.3 Å². The molecule has 0 aromatic heterocycles. The van der Waals surface area contributed by atoms with Gasteiger partial charge in [0.05, 0.1) is 0 Å². The second-order valence-corrected chi connectivity index (χ2v) is 8.38. The number of allylic oxidation sites excluding steroid dienone is 12. The smallest absolute Gasteiger partial charge is 0.178 e. The first kappa shape index (κ1) is 28.5. The molecule has 2 saturated carbocycles. The molecular weight excluding hydrogens is 766 g/mol. The molecule has 4 bridgehead atoms. The van der Waals surface area contributed by atoms with Crippen LogP contribution in [0, 0.1) is 23.7 Å². The summed E-state index contributed by atoms with van der Waals surface area (Å²) in [5.74, 6) is 3.48. The number of carbonyl (C=O) groups excluding carboxylic acids is 4. The monoisotopic (exact) mass is 794 g/mol. The van der Waals surface area contributed by atoms with Gasteiger partial charge in [0, 0.05) is 42.1 Å². The van der Waals surface area contributed by atoms with E-state index in [0.29, 0.717) is 0 Å². The summed E-state index contributed by atoms with van der Waals surface area (Å²) in [5.41, 5.74) is 0. The molecule has 0 saturated heterocycles. The van der Waals surface area contributed by atoms with Crippen LogP contribution in [-0.4, -0.2) is 23.1 Å². The van der Waals surface area contributed by atoms with Crippen LogP contribution in [0.2, 0.25) is 0 Å². The molecule has 0 spiro atoms. The zero-order chi connectivity index (χ0) is 21.3. The van der Waals surface area contributed by atoms with Crippen LogP contribution in [0.15, 0.2) is 72.9 Å². The van der Waals surface area contributed by atoms with Gasteiger partial charge in [-0.1, -0.05) is 24.3 Å². The molecule has 0 unspecified atom stereocenters. The molecule has 4 atom stereocenters. The van der Waals surface area contributed by atoms with E-state index < -0.39 is 0 Å². The first-order chi connectivity index (χ1) is 14.5. The molecule has 0 aromatic carbocycles. The summed E-state index contributed by atoms with van der Waals surface area (Å²) >= 11 is 0. The van der Waals surface area contributed by atoms with Crippen LogP contribution in [0.5, 0.6) is 0 Å². The van der Waals surface area contributed by atoms with Crippen LogP contribution < -0.4 is 0 Å². The van der Waals surface area contributed by atoms with Gasteiger partial charge in [0.2, 0.25) is 0 Å². The molecule has 6 rings (SSSR count). The first-order valence-corrected chi connectivity index (χ1v) is 10.7. The standard InChI is InChI=1S/2C7H10.2C6H4O2.2Pt/c2*1-2-7-4-3-6(1)5-7;2*7-5-1-2-6(8)4-3-5;;/h2*1-2,6-7H,3-5H2;2*1-4H;;/t2*6-,7+;;;;. The molecule has 2 fully saturated rings. The maximum Gasteiger partial charge on any atom is 0.178 e. The van der Waals surface area contributed by atoms with Gasteiger partial charge in [0.25, 0.3) is 0 Å². The minimum atomic E-state index is -0.121. The molecule has 32 heavy (non-hydrogen) atoms. The maximum atomic E-state index is 10.3. The van der Waals surface area contributed by atoms with Crippen molar-refractivity contribution in [2.24, 2.45) is 23.7 Å². The zero-order valence-electron chi connectivity index (χ0n) is 17.7. The van der Waals surface area contributed by atoms with Gasteiger partial charge >= 0.3 is 0 Å². The third-order valence-corrected chi connectivity index (χ3v) is 5.99. The average Bonchev–Trinajstić information content (AvgIpc) is 3.57. The first-order valence-electron chi connectivity index (χ1n) is 10.7. The molecule has 176 valence electrons. The molecule has 6 aliphatic carbocycles. The molecule has 0 N–H and O–H groups in total. The topological polar surface area (TPSA) is 68.3 Å². The van der Waals surface area contributed by atoms with E-state index in [-0.39, 0.29) is 65.3 Å². The predicted molar refractivity (Wildman–Crippen MR) is 117 cm³/mol. The second-order valence-electron chi connectivity index (χ2n) is 8.38. The number of hydrogen-bond acceptors (Lipinski definition) is 4. The zero-order valence-corrected chi connectivity index (χ0v) is 22.3. The van der Waals surface area contributed by atoms with Crippen LogP contribution in [0.25, 0.3) is 0 Å². The van der Waals surface area contributed by atoms with E-state index in [1.54, 1.807) is 0 Å². The Morgan fingerprint density at radius 1 is 0.406 bits per heavy atom. The predicted octanol–water partition coefficient (Wildman–Crippen LogP) is 4.44. The summed E-state index contributed by atoms with van der Waals surface area (Å²) in [5, 5.41) is 0. The van der Waals surface area contributed by atoms with Crippen molar-refractivity contribution in [3.8, 4) is 0 Å². The van der Waals surface area contributed by atoms with Crippen molar-refractivity contribution in [2.75, 3.05) is 0 Å². The van der Waals surface area contributed by atoms with Crippen molar-refractivity contribution in [3.05, 3.63) is 72.9 Å². The van der Waals surface area contributed by atoms with E-state index in [0.717, 1.165) is 23.7 Å². The third-order valence-electron chi connectivity index (χ3n) is 5.99. The molecule has 0 amide bonds. The van der Waals surface area contributed by atoms with E-state index >= 15 is 0 Å². The van der Waals surface area contributed by atoms with Gasteiger partial charge in [-0.05, 0) is 111 Å². The van der Waals surface area contributed by atoms with Gasteiger partial charge in [-0.3, -0.25) is 19.2 Å². The van der Waals surface area contributed by atoms with Crippen molar-refractivity contribution in [3.63, 3.8) is 0 Å². The Morgan fingerprint density at radius 2 is 0.594 bits per heavy atom. The Kier molecular flexibility index (Phi) is 13.0. The number of fused-ring (bicyclic) bond motifs is 4. The Morgan fingerprint density at radius 3 is 0.688 bits per heavy atom. The average molecular weight is 795 g/mol. The van der Waals surface area contributed by atoms with Crippen LogP contribution in [-0.2, 0) is 61.3 Å². The SMILES string of the molecule is C1=C[C@H]2CC[C@@H]1C2.C1=C[C@H]2CC[C@@H]1C2.O=C1C=CC(=O)C=C1.O=C1C=CC(=O)C=C1.[Pt].[Pt]. The van der Waals surface area contributed by atoms with Gasteiger partial charge < -0.3 is 0 Å². The van der Waals surface area contributed by atoms with Crippen LogP contribution >= 0.6 is 0 Å². The van der Waals surface area contributed by atoms with Gasteiger partial charge in [0.15, 0.2) is 23.1 Å². The summed E-state index contributed by atoms with van der Waals surface area (Å²) in [6.45, 7) is 0. The molecule has 0 aliphatic heterocycles. The van der Waals surface area contributed by atoms with Crippen LogP contribution in [0.1, 0.15) is 38.5 Å². The summed E-state index contributed by atoms with van der Waals surface area (Å²) in [4.78, 5) is 41.1. The normalized spacial score (nSPS) is 28.8. The molecule has 6 aliphatic rings. The number of hydrogen-bond donors (Lipinski definition) is 0. The Labute approximate surface area is 218 Å². The van der Waals surface area contributed by atoms with Crippen molar-refractivity contribution >= 4 is 23.1 Å². The fraction of sp³-hybridized carbons (Fsp3) is 0.385. The van der Waals surface area contributed by atoms with E-state index in [4.69, 9.17) is 0 Å². The summed E-state index contributed by atoms with van der Waals surface area (Å²) < 4.78 is 0. The van der Waals surface area contributed by atoms with Crippen LogP contribution in [0.4, 0.5) is 0 Å². The van der Waals surface area contributed by atoms with Crippen LogP contribution in [0.3, 0.4) is 0 Å². The number of carbonyl (C=O) groups is 4. The molecule has 6 heteroatoms. The minimum Gasteiger partial charge on any atom is -0.290 e. The Bertz CT molecular complexity index is 704. The number of ketones is 4. The second kappa shape index (κ2) is 14.6. The Balaban J connectivity index is 0.000000209. The van der Waals surface area contributed by atoms with E-state index in [9.17, 15) is 19.2 Å². The molecule has 4 nitrogen and oxygen atoms in total. The van der Waals surface area contributed by atoms with Crippen molar-refractivity contribution in [2.45, 2.75) is 38.5 Å². The molecular formula is C26H28O4Pt2. The molecule has 0 heterocycles. The van der Waals surface area contributed by atoms with Gasteiger partial charge in [-0.15, -0.1) is 0 Å². The summed E-state index contributed by atoms with van der Waals surface area (Å²) in [7, 11) is 0. The van der Waals surface area contributed by atoms with E-state index in [1.165, 1.54) is 87.1 Å².